The van der Waals surface area contributed by atoms with Gasteiger partial charge < -0.3 is 19.9 Å². The molecule has 0 saturated carbocycles. The van der Waals surface area contributed by atoms with Crippen LogP contribution in [-0.2, 0) is 11.3 Å². The highest BCUT2D eigenvalue weighted by molar-refractivity contribution is 6.30. The molecule has 1 fully saturated rings. The molecule has 0 unspecified atom stereocenters. The number of hydrogen-bond acceptors (Lipinski definition) is 3. The molecule has 2 rings (SSSR count). The molecule has 1 N–H and O–H groups in total. The Balaban J connectivity index is 1.83. The van der Waals surface area contributed by atoms with Gasteiger partial charge in [-0.15, -0.1) is 0 Å². The molecule has 0 aliphatic carbocycles. The van der Waals surface area contributed by atoms with E-state index in [4.69, 9.17) is 16.3 Å². The number of carbonyl (C=O) groups excluding carboxylic acids is 1. The van der Waals surface area contributed by atoms with Gasteiger partial charge in [0.1, 0.15) is 0 Å². The minimum atomic E-state index is -0.240. The molecule has 0 radical (unpaired) electrons. The Morgan fingerprint density at radius 1 is 1.22 bits per heavy atom. The van der Waals surface area contributed by atoms with E-state index in [1.807, 2.05) is 31.2 Å². The fourth-order valence-electron chi connectivity index (χ4n) is 2.43. The first kappa shape index (κ1) is 17.4. The van der Waals surface area contributed by atoms with Gasteiger partial charge in [-0.2, -0.15) is 0 Å². The van der Waals surface area contributed by atoms with E-state index in [0.29, 0.717) is 26.2 Å². The lowest BCUT2D eigenvalue weighted by atomic mass is 10.2. The van der Waals surface area contributed by atoms with E-state index < -0.39 is 0 Å². The number of piperazine rings is 1. The van der Waals surface area contributed by atoms with Gasteiger partial charge in [0.05, 0.1) is 6.61 Å². The molecule has 0 spiro atoms. The lowest BCUT2D eigenvalue weighted by Crippen LogP contribution is -2.53. The van der Waals surface area contributed by atoms with Crippen LogP contribution in [0.25, 0.3) is 0 Å². The zero-order valence-electron chi connectivity index (χ0n) is 13.6. The molecule has 0 aromatic heterocycles. The number of hydrogen-bond donors (Lipinski definition) is 1. The van der Waals surface area contributed by atoms with Gasteiger partial charge in [-0.3, -0.25) is 4.99 Å². The van der Waals surface area contributed by atoms with Gasteiger partial charge in [0.15, 0.2) is 5.96 Å². The number of benzene rings is 1. The number of ether oxygens (including phenoxy) is 1. The summed E-state index contributed by atoms with van der Waals surface area (Å²) in [6, 6.07) is 7.72. The highest BCUT2D eigenvalue weighted by Crippen LogP contribution is 2.10. The largest absolute Gasteiger partial charge is 0.450 e. The van der Waals surface area contributed by atoms with Crippen LogP contribution in [0, 0.1) is 0 Å². The van der Waals surface area contributed by atoms with Gasteiger partial charge in [-0.25, -0.2) is 4.79 Å². The lowest BCUT2D eigenvalue weighted by Gasteiger charge is -2.35. The summed E-state index contributed by atoms with van der Waals surface area (Å²) in [5, 5.41) is 4.07. The molecule has 6 nitrogen and oxygen atoms in total. The molecule has 1 aromatic rings. The van der Waals surface area contributed by atoms with E-state index in [-0.39, 0.29) is 6.09 Å². The molecule has 23 heavy (non-hydrogen) atoms. The van der Waals surface area contributed by atoms with Gasteiger partial charge in [-0.1, -0.05) is 23.7 Å². The molecule has 1 aliphatic rings. The van der Waals surface area contributed by atoms with Crippen molar-refractivity contribution in [3.05, 3.63) is 34.9 Å². The second-order valence-corrected chi connectivity index (χ2v) is 5.64. The first-order valence-electron chi connectivity index (χ1n) is 7.75. The number of nitrogens with zero attached hydrogens (tertiary/aromatic N) is 3. The number of aliphatic imine (C=N–C) groups is 1. The van der Waals surface area contributed by atoms with Crippen LogP contribution in [0.4, 0.5) is 4.79 Å². The quantitative estimate of drug-likeness (QED) is 0.678. The third kappa shape index (κ3) is 5.03. The number of halogens is 1. The third-order valence-corrected chi connectivity index (χ3v) is 3.93. The maximum Gasteiger partial charge on any atom is 0.409 e. The van der Waals surface area contributed by atoms with Crippen LogP contribution < -0.4 is 5.32 Å². The molecule has 1 aliphatic heterocycles. The van der Waals surface area contributed by atoms with E-state index in [9.17, 15) is 4.79 Å². The summed E-state index contributed by atoms with van der Waals surface area (Å²) in [7, 11) is 1.77. The SMILES string of the molecule is CCOC(=O)N1CCN(C(=NC)NCc2ccc(Cl)cc2)CC1. The molecule has 1 aromatic carbocycles. The van der Waals surface area contributed by atoms with Crippen LogP contribution in [0.1, 0.15) is 12.5 Å². The van der Waals surface area contributed by atoms with Crippen molar-refractivity contribution in [2.24, 2.45) is 4.99 Å². The summed E-state index contributed by atoms with van der Waals surface area (Å²) < 4.78 is 5.03. The van der Waals surface area contributed by atoms with Crippen molar-refractivity contribution < 1.29 is 9.53 Å². The van der Waals surface area contributed by atoms with Crippen LogP contribution >= 0.6 is 11.6 Å². The fraction of sp³-hybridized carbons (Fsp3) is 0.500. The Bertz CT molecular complexity index is 540. The molecule has 0 atom stereocenters. The standard InChI is InChI=1S/C16H23ClN4O2/c1-3-23-16(22)21-10-8-20(9-11-21)15(18-2)19-12-13-4-6-14(17)7-5-13/h4-7H,3,8-12H2,1-2H3,(H,18,19). The van der Waals surface area contributed by atoms with Gasteiger partial charge in [-0.05, 0) is 24.6 Å². The zero-order valence-corrected chi connectivity index (χ0v) is 14.3. The van der Waals surface area contributed by atoms with Gasteiger partial charge >= 0.3 is 6.09 Å². The molecular formula is C16H23ClN4O2. The second-order valence-electron chi connectivity index (χ2n) is 5.20. The van der Waals surface area contributed by atoms with E-state index in [0.717, 1.165) is 29.6 Å². The predicted octanol–water partition coefficient (Wildman–Crippen LogP) is 2.19. The van der Waals surface area contributed by atoms with Crippen LogP contribution in [0.15, 0.2) is 29.3 Å². The summed E-state index contributed by atoms with van der Waals surface area (Å²) in [5.74, 6) is 0.837. The average Bonchev–Trinajstić information content (AvgIpc) is 2.58. The maximum absolute atomic E-state index is 11.7. The van der Waals surface area contributed by atoms with Crippen molar-refractivity contribution in [1.82, 2.24) is 15.1 Å². The van der Waals surface area contributed by atoms with Gasteiger partial charge in [0, 0.05) is 44.8 Å². The van der Waals surface area contributed by atoms with Crippen molar-refractivity contribution in [2.75, 3.05) is 39.8 Å². The number of guanidine groups is 1. The monoisotopic (exact) mass is 338 g/mol. The van der Waals surface area contributed by atoms with Gasteiger partial charge in [0.2, 0.25) is 0 Å². The topological polar surface area (TPSA) is 57.2 Å². The van der Waals surface area contributed by atoms with Crippen molar-refractivity contribution in [3.63, 3.8) is 0 Å². The Kier molecular flexibility index (Phi) is 6.52. The first-order chi connectivity index (χ1) is 11.1. The minimum Gasteiger partial charge on any atom is -0.450 e. The highest BCUT2D eigenvalue weighted by atomic mass is 35.5. The first-order valence-corrected chi connectivity index (χ1v) is 8.13. The average molecular weight is 339 g/mol. The van der Waals surface area contributed by atoms with Crippen molar-refractivity contribution in [2.45, 2.75) is 13.5 Å². The van der Waals surface area contributed by atoms with Crippen LogP contribution in [0.3, 0.4) is 0 Å². The lowest BCUT2D eigenvalue weighted by molar-refractivity contribution is 0.0914. The number of rotatable bonds is 3. The molecule has 1 saturated heterocycles. The molecule has 1 heterocycles. The van der Waals surface area contributed by atoms with Crippen LogP contribution in [0.2, 0.25) is 5.02 Å². The second kappa shape index (κ2) is 8.62. The van der Waals surface area contributed by atoms with Crippen molar-refractivity contribution in [1.29, 1.82) is 0 Å². The predicted molar refractivity (Wildman–Crippen MR) is 91.8 cm³/mol. The number of nitrogens with one attached hydrogen (secondary N) is 1. The summed E-state index contributed by atoms with van der Waals surface area (Å²) in [5.41, 5.74) is 1.14. The maximum atomic E-state index is 11.7. The fourth-order valence-corrected chi connectivity index (χ4v) is 2.56. The van der Waals surface area contributed by atoms with Crippen LogP contribution in [-0.4, -0.2) is 61.7 Å². The highest BCUT2D eigenvalue weighted by Gasteiger charge is 2.23. The third-order valence-electron chi connectivity index (χ3n) is 3.68. The summed E-state index contributed by atoms with van der Waals surface area (Å²) in [6.07, 6.45) is -0.240. The molecule has 1 amide bonds. The molecular weight excluding hydrogens is 316 g/mol. The van der Waals surface area contributed by atoms with E-state index in [1.165, 1.54) is 0 Å². The number of amides is 1. The Labute approximate surface area is 142 Å². The molecule has 0 bridgehead atoms. The van der Waals surface area contributed by atoms with E-state index >= 15 is 0 Å². The van der Waals surface area contributed by atoms with Crippen molar-refractivity contribution >= 4 is 23.7 Å². The van der Waals surface area contributed by atoms with E-state index in [1.54, 1.807) is 11.9 Å². The summed E-state index contributed by atoms with van der Waals surface area (Å²) in [4.78, 5) is 19.9. The minimum absolute atomic E-state index is 0.240. The normalized spacial score (nSPS) is 15.5. The van der Waals surface area contributed by atoms with Gasteiger partial charge in [0.25, 0.3) is 0 Å². The summed E-state index contributed by atoms with van der Waals surface area (Å²) >= 11 is 5.89. The number of carbonyl (C=O) groups is 1. The molecule has 126 valence electrons. The van der Waals surface area contributed by atoms with Crippen molar-refractivity contribution in [3.8, 4) is 0 Å². The zero-order chi connectivity index (χ0) is 16.7. The van der Waals surface area contributed by atoms with Crippen LogP contribution in [0.5, 0.6) is 0 Å². The Morgan fingerprint density at radius 3 is 2.39 bits per heavy atom. The summed E-state index contributed by atoms with van der Waals surface area (Å²) in [6.45, 7) is 5.65. The Morgan fingerprint density at radius 2 is 1.83 bits per heavy atom. The smallest absolute Gasteiger partial charge is 0.409 e. The Hall–Kier alpha value is -1.95. The van der Waals surface area contributed by atoms with E-state index in [2.05, 4.69) is 15.2 Å². The molecule has 7 heteroatoms.